The number of benzene rings is 1. The minimum absolute atomic E-state index is 0.00755. The van der Waals surface area contributed by atoms with E-state index in [1.165, 1.54) is 12.4 Å². The molecule has 1 aromatic carbocycles. The quantitative estimate of drug-likeness (QED) is 0.458. The van der Waals surface area contributed by atoms with Gasteiger partial charge in [-0.1, -0.05) is 12.1 Å². The Morgan fingerprint density at radius 3 is 2.56 bits per heavy atom. The summed E-state index contributed by atoms with van der Waals surface area (Å²) in [6, 6.07) is 5.67. The maximum Gasteiger partial charge on any atom is 0.271 e. The number of halogens is 2. The van der Waals surface area contributed by atoms with Gasteiger partial charge in [0.15, 0.2) is 11.5 Å². The van der Waals surface area contributed by atoms with Gasteiger partial charge in [-0.05, 0) is 36.5 Å². The maximum atomic E-state index is 14.8. The third-order valence-electron chi connectivity index (χ3n) is 6.44. The van der Waals surface area contributed by atoms with Gasteiger partial charge in [0.05, 0.1) is 18.1 Å². The van der Waals surface area contributed by atoms with E-state index in [1.54, 1.807) is 35.0 Å². The van der Waals surface area contributed by atoms with Gasteiger partial charge in [-0.25, -0.2) is 18.7 Å². The van der Waals surface area contributed by atoms with Crippen LogP contribution in [0.1, 0.15) is 51.6 Å². The number of carbonyl (C=O) groups excluding carboxylic acids is 2. The van der Waals surface area contributed by atoms with Crippen molar-refractivity contribution in [1.29, 1.82) is 0 Å². The number of piperidine rings is 1. The van der Waals surface area contributed by atoms with Crippen LogP contribution in [0.15, 0.2) is 42.9 Å². The molecule has 1 aliphatic carbocycles. The van der Waals surface area contributed by atoms with Crippen LogP contribution < -0.4 is 21.3 Å². The molecule has 2 amide bonds. The van der Waals surface area contributed by atoms with Gasteiger partial charge in [-0.15, -0.1) is 0 Å². The number of aryl methyl sites for hydroxylation is 1. The smallest absolute Gasteiger partial charge is 0.271 e. The van der Waals surface area contributed by atoms with E-state index in [0.29, 0.717) is 17.2 Å². The first kappa shape index (κ1) is 23.6. The van der Waals surface area contributed by atoms with Gasteiger partial charge in [0, 0.05) is 38.3 Å². The first-order chi connectivity index (χ1) is 17.2. The summed E-state index contributed by atoms with van der Waals surface area (Å²) in [4.78, 5) is 34.8. The zero-order valence-electron chi connectivity index (χ0n) is 19.6. The van der Waals surface area contributed by atoms with Crippen LogP contribution in [0.4, 0.5) is 26.1 Å². The van der Waals surface area contributed by atoms with E-state index in [4.69, 9.17) is 5.73 Å². The van der Waals surface area contributed by atoms with Crippen molar-refractivity contribution in [3.05, 3.63) is 59.7 Å². The lowest BCUT2D eigenvalue weighted by Crippen LogP contribution is -2.59. The number of rotatable bonds is 7. The zero-order valence-corrected chi connectivity index (χ0v) is 19.6. The van der Waals surface area contributed by atoms with Crippen LogP contribution in [-0.4, -0.2) is 56.6 Å². The normalized spacial score (nSPS) is 19.1. The second-order valence-corrected chi connectivity index (χ2v) is 9.20. The predicted octanol–water partition coefficient (Wildman–Crippen LogP) is 2.57. The van der Waals surface area contributed by atoms with Crippen molar-refractivity contribution in [2.75, 3.05) is 23.3 Å². The Bertz CT molecular complexity index is 1290. The number of nitrogens with two attached hydrogens (primary N) is 1. The molecular weight excluding hydrogens is 470 g/mol. The highest BCUT2D eigenvalue weighted by Gasteiger charge is 2.45. The summed E-state index contributed by atoms with van der Waals surface area (Å²) in [5, 5.41) is 9.50. The Morgan fingerprint density at radius 2 is 1.92 bits per heavy atom. The van der Waals surface area contributed by atoms with Crippen LogP contribution >= 0.6 is 0 Å². The minimum Gasteiger partial charge on any atom is -0.364 e. The van der Waals surface area contributed by atoms with Gasteiger partial charge < -0.3 is 21.3 Å². The van der Waals surface area contributed by atoms with E-state index in [-0.39, 0.29) is 30.4 Å². The molecule has 12 heteroatoms. The summed E-state index contributed by atoms with van der Waals surface area (Å²) in [6.45, 7) is -0.192. The van der Waals surface area contributed by atoms with Crippen LogP contribution in [-0.2, 0) is 7.05 Å². The van der Waals surface area contributed by atoms with Crippen molar-refractivity contribution >= 4 is 29.1 Å². The van der Waals surface area contributed by atoms with Crippen molar-refractivity contribution < 1.29 is 18.4 Å². The molecule has 3 heterocycles. The Labute approximate surface area is 205 Å². The number of amides is 2. The molecular formula is C24H26F2N8O2. The molecule has 10 nitrogen and oxygen atoms in total. The van der Waals surface area contributed by atoms with E-state index in [9.17, 15) is 18.4 Å². The minimum atomic E-state index is -3.10. The first-order valence-corrected chi connectivity index (χ1v) is 11.7. The van der Waals surface area contributed by atoms with Gasteiger partial charge in [-0.3, -0.25) is 14.3 Å². The summed E-state index contributed by atoms with van der Waals surface area (Å²) in [5.74, 6) is -3.55. The van der Waals surface area contributed by atoms with Crippen LogP contribution in [0.25, 0.3) is 0 Å². The number of nitrogens with one attached hydrogen (secondary N) is 2. The molecule has 4 N–H and O–H groups in total. The molecule has 0 spiro atoms. The standard InChI is InChI=1S/C24H26F2N8O2/c1-33-12-17(10-29-33)30-22-20(21(27)35)28-11-19(32-22)34-9-8-24(25,26)18(13-34)31-23(36)16-6-4-15(5-7-16)14-2-3-14/h4-7,10-12,14,18H,2-3,8-9,13H2,1H3,(H2,27,35)(H,30,32)(H,31,36)/t18-/m0/s1. The largest absolute Gasteiger partial charge is 0.364 e. The van der Waals surface area contributed by atoms with Gasteiger partial charge >= 0.3 is 0 Å². The molecule has 0 unspecified atom stereocenters. The van der Waals surface area contributed by atoms with E-state index in [0.717, 1.165) is 18.4 Å². The molecule has 188 valence electrons. The second-order valence-electron chi connectivity index (χ2n) is 9.20. The third kappa shape index (κ3) is 4.97. The summed E-state index contributed by atoms with van der Waals surface area (Å²) < 4.78 is 31.1. The van der Waals surface area contributed by atoms with Crippen molar-refractivity contribution in [2.45, 2.75) is 37.1 Å². The average Bonchev–Trinajstić information content (AvgIpc) is 3.62. The number of hydrogen-bond acceptors (Lipinski definition) is 7. The number of carbonyl (C=O) groups is 2. The Balaban J connectivity index is 1.34. The Hall–Kier alpha value is -4.09. The van der Waals surface area contributed by atoms with Crippen LogP contribution in [0, 0.1) is 0 Å². The summed E-state index contributed by atoms with van der Waals surface area (Å²) in [5.41, 5.74) is 7.39. The molecule has 1 saturated carbocycles. The van der Waals surface area contributed by atoms with Crippen LogP contribution in [0.5, 0.6) is 0 Å². The summed E-state index contributed by atoms with van der Waals surface area (Å²) in [7, 11) is 1.73. The van der Waals surface area contributed by atoms with E-state index in [1.807, 2.05) is 12.1 Å². The summed E-state index contributed by atoms with van der Waals surface area (Å²) >= 11 is 0. The van der Waals surface area contributed by atoms with Crippen LogP contribution in [0.2, 0.25) is 0 Å². The average molecular weight is 497 g/mol. The van der Waals surface area contributed by atoms with Crippen molar-refractivity contribution in [2.24, 2.45) is 12.8 Å². The lowest BCUT2D eigenvalue weighted by atomic mass is 10.00. The predicted molar refractivity (Wildman–Crippen MR) is 128 cm³/mol. The van der Waals surface area contributed by atoms with Crippen molar-refractivity contribution in [1.82, 2.24) is 25.1 Å². The molecule has 2 aromatic heterocycles. The highest BCUT2D eigenvalue weighted by atomic mass is 19.3. The highest BCUT2D eigenvalue weighted by Crippen LogP contribution is 2.40. The Morgan fingerprint density at radius 1 is 1.17 bits per heavy atom. The molecule has 0 radical (unpaired) electrons. The number of hydrogen-bond donors (Lipinski definition) is 3. The van der Waals surface area contributed by atoms with Gasteiger partial charge in [0.2, 0.25) is 0 Å². The number of anilines is 3. The lowest BCUT2D eigenvalue weighted by molar-refractivity contribution is -0.0489. The maximum absolute atomic E-state index is 14.8. The summed E-state index contributed by atoms with van der Waals surface area (Å²) in [6.07, 6.45) is 6.31. The zero-order chi connectivity index (χ0) is 25.4. The number of alkyl halides is 2. The molecule has 3 aromatic rings. The molecule has 2 aliphatic rings. The van der Waals surface area contributed by atoms with E-state index >= 15 is 0 Å². The molecule has 2 fully saturated rings. The molecule has 5 rings (SSSR count). The van der Waals surface area contributed by atoms with Gasteiger partial charge in [-0.2, -0.15) is 5.10 Å². The number of aromatic nitrogens is 4. The Kier molecular flexibility index (Phi) is 6.02. The fourth-order valence-electron chi connectivity index (χ4n) is 4.25. The van der Waals surface area contributed by atoms with Gasteiger partial charge in [0.1, 0.15) is 11.9 Å². The SMILES string of the molecule is Cn1cc(Nc2nc(N3CCC(F)(F)[C@@H](NC(=O)c4ccc(C5CC5)cc4)C3)cnc2C(N)=O)cn1. The third-order valence-corrected chi connectivity index (χ3v) is 6.44. The monoisotopic (exact) mass is 496 g/mol. The van der Waals surface area contributed by atoms with Crippen molar-refractivity contribution in [3.63, 3.8) is 0 Å². The number of nitrogens with zero attached hydrogens (tertiary/aromatic N) is 5. The van der Waals surface area contributed by atoms with E-state index in [2.05, 4.69) is 25.7 Å². The highest BCUT2D eigenvalue weighted by molar-refractivity contribution is 5.96. The molecule has 36 heavy (non-hydrogen) atoms. The fraction of sp³-hybridized carbons (Fsp3) is 0.375. The van der Waals surface area contributed by atoms with Crippen LogP contribution in [0.3, 0.4) is 0 Å². The van der Waals surface area contributed by atoms with Crippen molar-refractivity contribution in [3.8, 4) is 0 Å². The molecule has 1 saturated heterocycles. The molecule has 1 aliphatic heterocycles. The lowest BCUT2D eigenvalue weighted by Gasteiger charge is -2.39. The topological polar surface area (TPSA) is 131 Å². The molecule has 1 atom stereocenters. The first-order valence-electron chi connectivity index (χ1n) is 11.7. The van der Waals surface area contributed by atoms with Gasteiger partial charge in [0.25, 0.3) is 17.7 Å². The van der Waals surface area contributed by atoms with E-state index < -0.39 is 30.2 Å². The second kappa shape index (κ2) is 9.17. The number of primary amides is 1. The fourth-order valence-corrected chi connectivity index (χ4v) is 4.25. The molecule has 0 bridgehead atoms.